The lowest BCUT2D eigenvalue weighted by molar-refractivity contribution is -0.201. The van der Waals surface area contributed by atoms with Crippen molar-refractivity contribution in [3.05, 3.63) is 0 Å². The van der Waals surface area contributed by atoms with E-state index >= 15 is 0 Å². The number of hydrazine groups is 1. The monoisotopic (exact) mass is 450 g/mol. The molecule has 2 saturated heterocycles. The van der Waals surface area contributed by atoms with Gasteiger partial charge in [0, 0.05) is 26.1 Å². The average molecular weight is 451 g/mol. The zero-order valence-electron chi connectivity index (χ0n) is 17.8. The summed E-state index contributed by atoms with van der Waals surface area (Å²) in [6, 6.07) is -0.599. The minimum Gasteiger partial charge on any atom is -0.349 e. The molecule has 2 heterocycles. The Kier molecular flexibility index (Phi) is 7.40. The van der Waals surface area contributed by atoms with E-state index in [0.717, 1.165) is 12.8 Å². The number of halogens is 4. The van der Waals surface area contributed by atoms with E-state index in [0.29, 0.717) is 25.4 Å². The van der Waals surface area contributed by atoms with Crippen molar-refractivity contribution in [2.75, 3.05) is 19.6 Å². The molecule has 0 aromatic carbocycles. The Morgan fingerprint density at radius 3 is 2.61 bits per heavy atom. The Morgan fingerprint density at radius 2 is 1.87 bits per heavy atom. The van der Waals surface area contributed by atoms with Crippen molar-refractivity contribution in [2.24, 2.45) is 17.8 Å². The number of carbonyl (C=O) groups is 1. The van der Waals surface area contributed by atoms with E-state index in [-0.39, 0.29) is 43.9 Å². The highest BCUT2D eigenvalue weighted by atomic mass is 19.4. The van der Waals surface area contributed by atoms with Crippen LogP contribution in [-0.4, -0.2) is 61.1 Å². The summed E-state index contributed by atoms with van der Waals surface area (Å²) in [5, 5.41) is 4.68. The largest absolute Gasteiger partial charge is 0.392 e. The fraction of sp³-hybridized carbons (Fsp3) is 0.952. The maximum Gasteiger partial charge on any atom is 0.392 e. The first-order valence-electron chi connectivity index (χ1n) is 11.7. The molecular weight excluding hydrogens is 416 g/mol. The van der Waals surface area contributed by atoms with Crippen LogP contribution in [0.15, 0.2) is 0 Å². The molecule has 6 nitrogen and oxygen atoms in total. The Hall–Kier alpha value is -0.970. The summed E-state index contributed by atoms with van der Waals surface area (Å²) in [6.45, 7) is 0.989. The molecular formula is C21H34F4N4O2. The number of nitrogens with one attached hydrogen (secondary N) is 3. The molecule has 1 amide bonds. The molecule has 2 aliphatic heterocycles. The summed E-state index contributed by atoms with van der Waals surface area (Å²) in [4.78, 5) is 18.3. The summed E-state index contributed by atoms with van der Waals surface area (Å²) >= 11 is 0. The number of hydrogen-bond acceptors (Lipinski definition) is 5. The van der Waals surface area contributed by atoms with Crippen LogP contribution >= 0.6 is 0 Å². The molecule has 4 rings (SSSR count). The third kappa shape index (κ3) is 5.89. The van der Waals surface area contributed by atoms with E-state index in [4.69, 9.17) is 4.84 Å². The number of amides is 1. The smallest absolute Gasteiger partial charge is 0.349 e. The lowest BCUT2D eigenvalue weighted by Crippen LogP contribution is -2.47. The Bertz CT molecular complexity index is 617. The summed E-state index contributed by atoms with van der Waals surface area (Å²) in [6.07, 6.45) is 0.964. The van der Waals surface area contributed by atoms with Gasteiger partial charge in [-0.25, -0.2) is 9.40 Å². The minimum absolute atomic E-state index is 0.0227. The molecule has 6 unspecified atom stereocenters. The highest BCUT2D eigenvalue weighted by Gasteiger charge is 2.48. The fourth-order valence-corrected chi connectivity index (χ4v) is 5.75. The number of alkyl halides is 4. The second-order valence-corrected chi connectivity index (χ2v) is 9.75. The summed E-state index contributed by atoms with van der Waals surface area (Å²) < 4.78 is 53.8. The zero-order valence-corrected chi connectivity index (χ0v) is 17.8. The first-order valence-corrected chi connectivity index (χ1v) is 11.7. The highest BCUT2D eigenvalue weighted by molar-refractivity contribution is 5.82. The molecule has 178 valence electrons. The molecule has 0 spiro atoms. The van der Waals surface area contributed by atoms with Crippen LogP contribution in [-0.2, 0) is 9.63 Å². The first-order chi connectivity index (χ1) is 14.8. The fourth-order valence-electron chi connectivity index (χ4n) is 5.75. The van der Waals surface area contributed by atoms with E-state index < -0.39 is 30.2 Å². The minimum atomic E-state index is -4.30. The number of nitrogens with zero attached hydrogens (tertiary/aromatic N) is 1. The predicted molar refractivity (Wildman–Crippen MR) is 106 cm³/mol. The molecule has 3 N–H and O–H groups in total. The van der Waals surface area contributed by atoms with Gasteiger partial charge in [0.05, 0.1) is 18.1 Å². The van der Waals surface area contributed by atoms with E-state index in [1.54, 1.807) is 5.01 Å². The summed E-state index contributed by atoms with van der Waals surface area (Å²) in [7, 11) is 0. The summed E-state index contributed by atoms with van der Waals surface area (Å²) in [5.41, 5.74) is 5.94. The molecule has 4 fully saturated rings. The van der Waals surface area contributed by atoms with Crippen molar-refractivity contribution in [1.82, 2.24) is 21.2 Å². The average Bonchev–Trinajstić information content (AvgIpc) is 3.38. The Labute approximate surface area is 180 Å². The second kappa shape index (κ2) is 9.89. The van der Waals surface area contributed by atoms with Crippen molar-refractivity contribution in [2.45, 2.75) is 88.3 Å². The number of rotatable bonds is 5. The van der Waals surface area contributed by atoms with Gasteiger partial charge >= 0.3 is 6.18 Å². The van der Waals surface area contributed by atoms with Crippen molar-refractivity contribution in [1.29, 1.82) is 0 Å². The SMILES string of the molecule is O=C(NC1CNN(CC2CC(F)CCC2C(F)(F)F)C1)C1CC(C2CCCCC2)ON1. The van der Waals surface area contributed by atoms with Crippen LogP contribution in [0.25, 0.3) is 0 Å². The maximum absolute atomic E-state index is 13.8. The quantitative estimate of drug-likeness (QED) is 0.563. The van der Waals surface area contributed by atoms with Gasteiger partial charge in [-0.2, -0.15) is 18.7 Å². The van der Waals surface area contributed by atoms with Crippen LogP contribution in [0.5, 0.6) is 0 Å². The molecule has 0 radical (unpaired) electrons. The van der Waals surface area contributed by atoms with Crippen LogP contribution in [0, 0.1) is 17.8 Å². The molecule has 2 aliphatic carbocycles. The third-order valence-electron chi connectivity index (χ3n) is 7.46. The van der Waals surface area contributed by atoms with Crippen molar-refractivity contribution < 1.29 is 27.2 Å². The van der Waals surface area contributed by atoms with Crippen LogP contribution in [0.1, 0.15) is 57.8 Å². The van der Waals surface area contributed by atoms with Gasteiger partial charge in [0.15, 0.2) is 0 Å². The van der Waals surface area contributed by atoms with Crippen molar-refractivity contribution in [3.8, 4) is 0 Å². The first kappa shape index (κ1) is 23.2. The second-order valence-electron chi connectivity index (χ2n) is 9.75. The topological polar surface area (TPSA) is 65.6 Å². The Balaban J connectivity index is 1.23. The molecule has 0 aromatic heterocycles. The number of hydroxylamine groups is 1. The maximum atomic E-state index is 13.8. The number of carbonyl (C=O) groups excluding carboxylic acids is 1. The van der Waals surface area contributed by atoms with E-state index in [1.807, 2.05) is 0 Å². The van der Waals surface area contributed by atoms with E-state index in [1.165, 1.54) is 19.3 Å². The number of hydrogen-bond donors (Lipinski definition) is 3. The van der Waals surface area contributed by atoms with Gasteiger partial charge in [-0.1, -0.05) is 19.3 Å². The highest BCUT2D eigenvalue weighted by Crippen LogP contribution is 2.42. The molecule has 6 atom stereocenters. The molecule has 4 aliphatic rings. The van der Waals surface area contributed by atoms with E-state index in [9.17, 15) is 22.4 Å². The van der Waals surface area contributed by atoms with Crippen LogP contribution in [0.4, 0.5) is 17.6 Å². The third-order valence-corrected chi connectivity index (χ3v) is 7.46. The summed E-state index contributed by atoms with van der Waals surface area (Å²) in [5.74, 6) is -1.88. The van der Waals surface area contributed by atoms with Gasteiger partial charge in [0.2, 0.25) is 5.91 Å². The molecule has 31 heavy (non-hydrogen) atoms. The van der Waals surface area contributed by atoms with Crippen LogP contribution < -0.4 is 16.2 Å². The van der Waals surface area contributed by atoms with Crippen molar-refractivity contribution in [3.63, 3.8) is 0 Å². The van der Waals surface area contributed by atoms with Gasteiger partial charge < -0.3 is 5.32 Å². The molecule has 10 heteroatoms. The van der Waals surface area contributed by atoms with Crippen LogP contribution in [0.2, 0.25) is 0 Å². The predicted octanol–water partition coefficient (Wildman–Crippen LogP) is 2.85. The van der Waals surface area contributed by atoms with Gasteiger partial charge in [-0.3, -0.25) is 15.1 Å². The molecule has 2 saturated carbocycles. The standard InChI is InChI=1S/C21H34F4N4O2/c22-15-6-7-17(21(23,24)25)14(8-15)11-29-12-16(10-26-29)27-20(30)18-9-19(31-28-18)13-4-2-1-3-5-13/h13-19,26,28H,1-12H2,(H,27,30). The van der Waals surface area contributed by atoms with Crippen LogP contribution in [0.3, 0.4) is 0 Å². The lowest BCUT2D eigenvalue weighted by atomic mass is 9.77. The zero-order chi connectivity index (χ0) is 22.0. The van der Waals surface area contributed by atoms with Gasteiger partial charge in [0.25, 0.3) is 0 Å². The van der Waals surface area contributed by atoms with Gasteiger partial charge in [0.1, 0.15) is 12.2 Å². The van der Waals surface area contributed by atoms with Crippen molar-refractivity contribution >= 4 is 5.91 Å². The van der Waals surface area contributed by atoms with Gasteiger partial charge in [-0.15, -0.1) is 0 Å². The van der Waals surface area contributed by atoms with Gasteiger partial charge in [-0.05, 0) is 43.9 Å². The normalized spacial score (nSPS) is 38.5. The molecule has 0 bridgehead atoms. The van der Waals surface area contributed by atoms with E-state index in [2.05, 4.69) is 16.2 Å². The lowest BCUT2D eigenvalue weighted by Gasteiger charge is -2.36. The Morgan fingerprint density at radius 1 is 1.10 bits per heavy atom. The molecule has 0 aromatic rings.